The van der Waals surface area contributed by atoms with Gasteiger partial charge in [0.15, 0.2) is 0 Å². The number of aromatic nitrogens is 2. The zero-order valence-electron chi connectivity index (χ0n) is 11.2. The summed E-state index contributed by atoms with van der Waals surface area (Å²) in [6.07, 6.45) is 3.97. The lowest BCUT2D eigenvalue weighted by atomic mass is 9.93. The van der Waals surface area contributed by atoms with E-state index in [-0.39, 0.29) is 5.56 Å². The molecule has 0 N–H and O–H groups in total. The molecule has 2 aromatic rings. The molecule has 0 bridgehead atoms. The monoisotopic (exact) mass is 257 g/mol. The van der Waals surface area contributed by atoms with Crippen LogP contribution in [0.25, 0.3) is 5.65 Å². The lowest BCUT2D eigenvalue weighted by molar-refractivity contribution is 0.221. The minimum Gasteiger partial charge on any atom is -0.304 e. The van der Waals surface area contributed by atoms with Gasteiger partial charge < -0.3 is 4.90 Å². The van der Waals surface area contributed by atoms with E-state index in [0.29, 0.717) is 5.92 Å². The smallest absolute Gasteiger partial charge is 0.258 e. The maximum Gasteiger partial charge on any atom is 0.258 e. The number of hydrogen-bond donors (Lipinski definition) is 0. The van der Waals surface area contributed by atoms with Crippen molar-refractivity contribution in [3.63, 3.8) is 0 Å². The van der Waals surface area contributed by atoms with Crippen LogP contribution in [0, 0.1) is 0 Å². The highest BCUT2D eigenvalue weighted by Gasteiger charge is 2.21. The number of pyridine rings is 1. The van der Waals surface area contributed by atoms with Gasteiger partial charge in [-0.3, -0.25) is 9.20 Å². The van der Waals surface area contributed by atoms with E-state index in [1.807, 2.05) is 18.2 Å². The molecule has 0 radical (unpaired) electrons. The Morgan fingerprint density at radius 3 is 2.84 bits per heavy atom. The molecular formula is C15H19N3O. The SMILES string of the molecule is CCN1CCC(c2cc(=O)n3ccccc3n2)CC1. The highest BCUT2D eigenvalue weighted by Crippen LogP contribution is 2.25. The van der Waals surface area contributed by atoms with Crippen molar-refractivity contribution >= 4 is 5.65 Å². The summed E-state index contributed by atoms with van der Waals surface area (Å²) in [7, 11) is 0. The third-order valence-electron chi connectivity index (χ3n) is 4.04. The molecule has 4 heteroatoms. The van der Waals surface area contributed by atoms with Gasteiger partial charge in [-0.1, -0.05) is 13.0 Å². The van der Waals surface area contributed by atoms with E-state index in [2.05, 4.69) is 16.8 Å². The summed E-state index contributed by atoms with van der Waals surface area (Å²) >= 11 is 0. The summed E-state index contributed by atoms with van der Waals surface area (Å²) in [5.41, 5.74) is 1.74. The Morgan fingerprint density at radius 2 is 2.11 bits per heavy atom. The van der Waals surface area contributed by atoms with E-state index in [9.17, 15) is 4.79 Å². The Bertz CT molecular complexity index is 627. The summed E-state index contributed by atoms with van der Waals surface area (Å²) in [6, 6.07) is 7.38. The van der Waals surface area contributed by atoms with Gasteiger partial charge in [0, 0.05) is 18.2 Å². The molecule has 4 nitrogen and oxygen atoms in total. The topological polar surface area (TPSA) is 37.6 Å². The number of rotatable bonds is 2. The normalized spacial score (nSPS) is 17.9. The molecular weight excluding hydrogens is 238 g/mol. The standard InChI is InChI=1S/C15H19N3O/c1-2-17-9-6-12(7-10-17)13-11-15(19)18-8-4-3-5-14(18)16-13/h3-5,8,11-12H,2,6-7,9-10H2,1H3. The Hall–Kier alpha value is -1.68. The highest BCUT2D eigenvalue weighted by molar-refractivity contribution is 5.38. The van der Waals surface area contributed by atoms with Crippen LogP contribution in [-0.2, 0) is 0 Å². The summed E-state index contributed by atoms with van der Waals surface area (Å²) in [5.74, 6) is 0.431. The average molecular weight is 257 g/mol. The summed E-state index contributed by atoms with van der Waals surface area (Å²) in [5, 5.41) is 0. The number of nitrogens with zero attached hydrogens (tertiary/aromatic N) is 3. The second-order valence-electron chi connectivity index (χ2n) is 5.16. The first-order valence-corrected chi connectivity index (χ1v) is 6.98. The Balaban J connectivity index is 1.92. The molecule has 0 atom stereocenters. The van der Waals surface area contributed by atoms with Crippen LogP contribution in [0.3, 0.4) is 0 Å². The van der Waals surface area contributed by atoms with Crippen LogP contribution in [0.1, 0.15) is 31.4 Å². The summed E-state index contributed by atoms with van der Waals surface area (Å²) < 4.78 is 1.60. The van der Waals surface area contributed by atoms with Crippen LogP contribution in [0.5, 0.6) is 0 Å². The number of hydrogen-bond acceptors (Lipinski definition) is 3. The molecule has 1 aliphatic rings. The van der Waals surface area contributed by atoms with Gasteiger partial charge in [-0.25, -0.2) is 4.98 Å². The molecule has 0 saturated carbocycles. The second kappa shape index (κ2) is 5.13. The van der Waals surface area contributed by atoms with Gasteiger partial charge in [-0.05, 0) is 44.6 Å². The molecule has 1 saturated heterocycles. The van der Waals surface area contributed by atoms with Crippen molar-refractivity contribution in [2.75, 3.05) is 19.6 Å². The van der Waals surface area contributed by atoms with Crippen molar-refractivity contribution in [2.45, 2.75) is 25.7 Å². The van der Waals surface area contributed by atoms with Gasteiger partial charge in [0.05, 0.1) is 5.69 Å². The van der Waals surface area contributed by atoms with Crippen molar-refractivity contribution < 1.29 is 0 Å². The Morgan fingerprint density at radius 1 is 1.32 bits per heavy atom. The number of fused-ring (bicyclic) bond motifs is 1. The fourth-order valence-corrected chi connectivity index (χ4v) is 2.83. The van der Waals surface area contributed by atoms with Gasteiger partial charge in [0.1, 0.15) is 5.65 Å². The first-order chi connectivity index (χ1) is 9.28. The molecule has 0 amide bonds. The fraction of sp³-hybridized carbons (Fsp3) is 0.467. The van der Waals surface area contributed by atoms with E-state index in [0.717, 1.165) is 43.8 Å². The van der Waals surface area contributed by atoms with Crippen molar-refractivity contribution in [1.82, 2.24) is 14.3 Å². The molecule has 1 fully saturated rings. The third-order valence-corrected chi connectivity index (χ3v) is 4.04. The van der Waals surface area contributed by atoms with E-state index in [1.165, 1.54) is 0 Å². The Labute approximate surface area is 112 Å². The molecule has 100 valence electrons. The molecule has 3 heterocycles. The zero-order chi connectivity index (χ0) is 13.2. The molecule has 2 aromatic heterocycles. The predicted octanol–water partition coefficient (Wildman–Crippen LogP) is 1.89. The molecule has 19 heavy (non-hydrogen) atoms. The number of likely N-dealkylation sites (tertiary alicyclic amines) is 1. The van der Waals surface area contributed by atoms with Crippen LogP contribution in [0.4, 0.5) is 0 Å². The van der Waals surface area contributed by atoms with Gasteiger partial charge in [0.2, 0.25) is 0 Å². The molecule has 0 unspecified atom stereocenters. The first kappa shape index (κ1) is 12.4. The van der Waals surface area contributed by atoms with Crippen LogP contribution < -0.4 is 5.56 Å². The summed E-state index contributed by atoms with van der Waals surface area (Å²) in [6.45, 7) is 5.52. The highest BCUT2D eigenvalue weighted by atomic mass is 16.1. The predicted molar refractivity (Wildman–Crippen MR) is 75.6 cm³/mol. The van der Waals surface area contributed by atoms with E-state index in [1.54, 1.807) is 16.7 Å². The van der Waals surface area contributed by atoms with Crippen LogP contribution in [0.15, 0.2) is 35.3 Å². The van der Waals surface area contributed by atoms with Gasteiger partial charge >= 0.3 is 0 Å². The summed E-state index contributed by atoms with van der Waals surface area (Å²) in [4.78, 5) is 19.2. The zero-order valence-corrected chi connectivity index (χ0v) is 11.2. The van der Waals surface area contributed by atoms with Crippen molar-refractivity contribution in [2.24, 2.45) is 0 Å². The van der Waals surface area contributed by atoms with Crippen LogP contribution in [-0.4, -0.2) is 33.9 Å². The minimum absolute atomic E-state index is 0.0264. The van der Waals surface area contributed by atoms with Crippen molar-refractivity contribution in [1.29, 1.82) is 0 Å². The minimum atomic E-state index is 0.0264. The lowest BCUT2D eigenvalue weighted by Gasteiger charge is -2.30. The largest absolute Gasteiger partial charge is 0.304 e. The Kier molecular flexibility index (Phi) is 3.34. The maximum atomic E-state index is 12.1. The quantitative estimate of drug-likeness (QED) is 0.824. The molecule has 3 rings (SSSR count). The van der Waals surface area contributed by atoms with E-state index < -0.39 is 0 Å². The lowest BCUT2D eigenvalue weighted by Crippen LogP contribution is -2.33. The molecule has 1 aliphatic heterocycles. The van der Waals surface area contributed by atoms with Gasteiger partial charge in [0.25, 0.3) is 5.56 Å². The van der Waals surface area contributed by atoms with Crippen molar-refractivity contribution in [3.05, 3.63) is 46.5 Å². The molecule has 0 aromatic carbocycles. The van der Waals surface area contributed by atoms with Crippen LogP contribution in [0.2, 0.25) is 0 Å². The number of piperidine rings is 1. The van der Waals surface area contributed by atoms with E-state index >= 15 is 0 Å². The molecule has 0 aliphatic carbocycles. The van der Waals surface area contributed by atoms with Gasteiger partial charge in [-0.15, -0.1) is 0 Å². The maximum absolute atomic E-state index is 12.1. The van der Waals surface area contributed by atoms with E-state index in [4.69, 9.17) is 0 Å². The van der Waals surface area contributed by atoms with Gasteiger partial charge in [-0.2, -0.15) is 0 Å². The first-order valence-electron chi connectivity index (χ1n) is 6.98. The fourth-order valence-electron chi connectivity index (χ4n) is 2.83. The average Bonchev–Trinajstić information content (AvgIpc) is 2.47. The third kappa shape index (κ3) is 2.40. The van der Waals surface area contributed by atoms with Crippen molar-refractivity contribution in [3.8, 4) is 0 Å². The second-order valence-corrected chi connectivity index (χ2v) is 5.16. The van der Waals surface area contributed by atoms with Crippen LogP contribution >= 0.6 is 0 Å². The molecule has 0 spiro atoms.